The predicted octanol–water partition coefficient (Wildman–Crippen LogP) is 1.00. The van der Waals surface area contributed by atoms with Crippen LogP contribution in [0.2, 0.25) is 0 Å². The van der Waals surface area contributed by atoms with E-state index in [2.05, 4.69) is 6.58 Å². The van der Waals surface area contributed by atoms with Crippen LogP contribution < -0.4 is 10.5 Å². The second-order valence-electron chi connectivity index (χ2n) is 3.76. The van der Waals surface area contributed by atoms with Crippen LogP contribution in [0.3, 0.4) is 0 Å². The van der Waals surface area contributed by atoms with Gasteiger partial charge in [0.05, 0.1) is 6.10 Å². The fraction of sp³-hybridized carbons (Fsp3) is 0.250. The van der Waals surface area contributed by atoms with Gasteiger partial charge in [-0.25, -0.2) is 9.18 Å². The van der Waals surface area contributed by atoms with Gasteiger partial charge in [0.1, 0.15) is 5.82 Å². The highest BCUT2D eigenvalue weighted by Gasteiger charge is 2.17. The van der Waals surface area contributed by atoms with Gasteiger partial charge in [-0.15, -0.1) is 0 Å². The molecule has 6 heteroatoms. The molecular weight excluding hydrogens is 241 g/mol. The van der Waals surface area contributed by atoms with Gasteiger partial charge in [-0.3, -0.25) is 0 Å². The number of hydrogen-bond acceptors (Lipinski definition) is 5. The normalized spacial score (nSPS) is 12.0. The van der Waals surface area contributed by atoms with Gasteiger partial charge >= 0.3 is 5.97 Å². The zero-order valence-electron chi connectivity index (χ0n) is 9.81. The van der Waals surface area contributed by atoms with E-state index in [1.54, 1.807) is 0 Å². The number of ether oxygens (including phenoxy) is 1. The Bertz CT molecular complexity index is 487. The number of esters is 1. The summed E-state index contributed by atoms with van der Waals surface area (Å²) >= 11 is 0. The van der Waals surface area contributed by atoms with Crippen molar-refractivity contribution in [3.63, 3.8) is 0 Å². The van der Waals surface area contributed by atoms with E-state index in [0.717, 1.165) is 12.1 Å². The minimum absolute atomic E-state index is 0.112. The molecule has 0 aromatic heterocycles. The number of phenols is 1. The Morgan fingerprint density at radius 2 is 2.22 bits per heavy atom. The molecule has 1 rings (SSSR count). The highest BCUT2D eigenvalue weighted by Crippen LogP contribution is 2.32. The Morgan fingerprint density at radius 3 is 2.72 bits per heavy atom. The number of phenolic OH excluding ortho intramolecular Hbond substituents is 1. The van der Waals surface area contributed by atoms with E-state index in [0.29, 0.717) is 0 Å². The fourth-order valence-corrected chi connectivity index (χ4v) is 1.21. The molecule has 4 N–H and O–H groups in total. The van der Waals surface area contributed by atoms with E-state index in [1.807, 2.05) is 0 Å². The van der Waals surface area contributed by atoms with Gasteiger partial charge < -0.3 is 20.7 Å². The molecule has 0 saturated heterocycles. The lowest BCUT2D eigenvalue weighted by molar-refractivity contribution is -0.130. The molecule has 1 atom stereocenters. The topological polar surface area (TPSA) is 92.8 Å². The third kappa shape index (κ3) is 3.06. The molecule has 1 unspecified atom stereocenters. The number of aromatic hydroxyl groups is 1. The molecule has 98 valence electrons. The van der Waals surface area contributed by atoms with Crippen molar-refractivity contribution in [2.24, 2.45) is 5.73 Å². The molecule has 1 aromatic carbocycles. The van der Waals surface area contributed by atoms with Crippen LogP contribution in [0.25, 0.3) is 0 Å². The molecule has 18 heavy (non-hydrogen) atoms. The summed E-state index contributed by atoms with van der Waals surface area (Å²) in [7, 11) is 0. The molecule has 0 spiro atoms. The average molecular weight is 255 g/mol. The zero-order valence-corrected chi connectivity index (χ0v) is 9.81. The van der Waals surface area contributed by atoms with Crippen LogP contribution in [0.1, 0.15) is 18.6 Å². The van der Waals surface area contributed by atoms with Crippen LogP contribution in [0.4, 0.5) is 4.39 Å². The quantitative estimate of drug-likeness (QED) is 0.424. The Hall–Kier alpha value is -1.92. The van der Waals surface area contributed by atoms with E-state index in [-0.39, 0.29) is 23.4 Å². The maximum atomic E-state index is 13.6. The van der Waals surface area contributed by atoms with Crippen LogP contribution in [0, 0.1) is 5.82 Å². The molecule has 0 saturated carbocycles. The second kappa shape index (κ2) is 5.61. The van der Waals surface area contributed by atoms with Gasteiger partial charge in [-0.2, -0.15) is 0 Å². The largest absolute Gasteiger partial charge is 0.504 e. The molecule has 0 fully saturated rings. The SMILES string of the molecule is C=C(C)C(=O)Oc1cc(F)c(C(O)CN)cc1O. The van der Waals surface area contributed by atoms with Crippen molar-refractivity contribution in [2.45, 2.75) is 13.0 Å². The zero-order chi connectivity index (χ0) is 13.9. The Morgan fingerprint density at radius 1 is 1.61 bits per heavy atom. The number of carbonyl (C=O) groups is 1. The first kappa shape index (κ1) is 14.1. The van der Waals surface area contributed by atoms with Crippen molar-refractivity contribution in [1.29, 1.82) is 0 Å². The molecule has 1 aromatic rings. The first-order valence-electron chi connectivity index (χ1n) is 5.15. The smallest absolute Gasteiger partial charge is 0.338 e. The first-order chi connectivity index (χ1) is 8.36. The van der Waals surface area contributed by atoms with Crippen molar-refractivity contribution in [3.05, 3.63) is 35.7 Å². The lowest BCUT2D eigenvalue weighted by Gasteiger charge is -2.12. The lowest BCUT2D eigenvalue weighted by atomic mass is 10.1. The van der Waals surface area contributed by atoms with Crippen LogP contribution in [0.15, 0.2) is 24.3 Å². The highest BCUT2D eigenvalue weighted by atomic mass is 19.1. The number of halogens is 1. The van der Waals surface area contributed by atoms with Crippen LogP contribution in [-0.4, -0.2) is 22.7 Å². The van der Waals surface area contributed by atoms with Gasteiger partial charge in [0.15, 0.2) is 11.5 Å². The molecule has 0 amide bonds. The summed E-state index contributed by atoms with van der Waals surface area (Å²) in [5.74, 6) is -2.41. The molecule has 0 aliphatic heterocycles. The maximum absolute atomic E-state index is 13.6. The Balaban J connectivity index is 3.07. The Labute approximate surface area is 103 Å². The first-order valence-corrected chi connectivity index (χ1v) is 5.15. The molecule has 0 radical (unpaired) electrons. The standard InChI is InChI=1S/C12H14FNO4/c1-6(2)12(17)18-11-4-8(13)7(3-9(11)15)10(16)5-14/h3-4,10,15-16H,1,5,14H2,2H3. The summed E-state index contributed by atoms with van der Waals surface area (Å²) in [6.07, 6.45) is -1.23. The number of carbonyl (C=O) groups excluding carboxylic acids is 1. The van der Waals surface area contributed by atoms with Crippen molar-refractivity contribution >= 4 is 5.97 Å². The van der Waals surface area contributed by atoms with Crippen LogP contribution >= 0.6 is 0 Å². The van der Waals surface area contributed by atoms with E-state index < -0.39 is 23.6 Å². The summed E-state index contributed by atoms with van der Waals surface area (Å²) in [4.78, 5) is 11.2. The van der Waals surface area contributed by atoms with E-state index in [4.69, 9.17) is 10.5 Å². The molecular formula is C12H14FNO4. The predicted molar refractivity (Wildman–Crippen MR) is 62.5 cm³/mol. The number of nitrogens with two attached hydrogens (primary N) is 1. The number of aliphatic hydroxyl groups excluding tert-OH is 1. The summed E-state index contributed by atoms with van der Waals surface area (Å²) in [5, 5.41) is 19.0. The third-order valence-electron chi connectivity index (χ3n) is 2.21. The van der Waals surface area contributed by atoms with Gasteiger partial charge in [-0.05, 0) is 13.0 Å². The molecule has 0 bridgehead atoms. The summed E-state index contributed by atoms with van der Waals surface area (Å²) in [6.45, 7) is 4.58. The number of hydrogen-bond donors (Lipinski definition) is 3. The van der Waals surface area contributed by atoms with E-state index >= 15 is 0 Å². The van der Waals surface area contributed by atoms with Gasteiger partial charge in [-0.1, -0.05) is 6.58 Å². The number of benzene rings is 1. The van der Waals surface area contributed by atoms with Crippen molar-refractivity contribution in [2.75, 3.05) is 6.54 Å². The minimum atomic E-state index is -1.23. The molecule has 0 aliphatic carbocycles. The molecule has 5 nitrogen and oxygen atoms in total. The number of rotatable bonds is 4. The molecule has 0 aliphatic rings. The van der Waals surface area contributed by atoms with E-state index in [9.17, 15) is 19.4 Å². The van der Waals surface area contributed by atoms with E-state index in [1.165, 1.54) is 6.92 Å². The second-order valence-corrected chi connectivity index (χ2v) is 3.76. The summed E-state index contributed by atoms with van der Waals surface area (Å²) in [5.41, 5.74) is 5.14. The summed E-state index contributed by atoms with van der Waals surface area (Å²) < 4.78 is 18.3. The molecule has 0 heterocycles. The van der Waals surface area contributed by atoms with Crippen molar-refractivity contribution in [1.82, 2.24) is 0 Å². The lowest BCUT2D eigenvalue weighted by Crippen LogP contribution is -2.14. The maximum Gasteiger partial charge on any atom is 0.338 e. The van der Waals surface area contributed by atoms with Gasteiger partial charge in [0, 0.05) is 23.7 Å². The Kier molecular flexibility index (Phi) is 4.41. The average Bonchev–Trinajstić information content (AvgIpc) is 2.32. The van der Waals surface area contributed by atoms with Gasteiger partial charge in [0.25, 0.3) is 0 Å². The van der Waals surface area contributed by atoms with Crippen LogP contribution in [0.5, 0.6) is 11.5 Å². The third-order valence-corrected chi connectivity index (χ3v) is 2.21. The fourth-order valence-electron chi connectivity index (χ4n) is 1.21. The summed E-state index contributed by atoms with van der Waals surface area (Å²) in [6, 6.07) is 1.78. The minimum Gasteiger partial charge on any atom is -0.504 e. The van der Waals surface area contributed by atoms with Crippen molar-refractivity contribution < 1.29 is 24.1 Å². The number of aliphatic hydroxyl groups is 1. The monoisotopic (exact) mass is 255 g/mol. The van der Waals surface area contributed by atoms with Gasteiger partial charge in [0.2, 0.25) is 0 Å². The van der Waals surface area contributed by atoms with Crippen LogP contribution in [-0.2, 0) is 4.79 Å². The highest BCUT2D eigenvalue weighted by molar-refractivity contribution is 5.89. The van der Waals surface area contributed by atoms with Crippen molar-refractivity contribution in [3.8, 4) is 11.5 Å².